The number of para-hydroxylation sites is 1. The van der Waals surface area contributed by atoms with Crippen molar-refractivity contribution in [3.05, 3.63) is 49.1 Å². The van der Waals surface area contributed by atoms with E-state index in [1.54, 1.807) is 23.3 Å². The molecule has 2 amide bonds. The molecule has 0 radical (unpaired) electrons. The van der Waals surface area contributed by atoms with Crippen molar-refractivity contribution < 1.29 is 14.3 Å². The van der Waals surface area contributed by atoms with Crippen LogP contribution in [0.1, 0.15) is 12.8 Å². The van der Waals surface area contributed by atoms with E-state index in [1.807, 2.05) is 40.1 Å². The number of rotatable bonds is 6. The molecular formula is C23H31N5O3. The summed E-state index contributed by atoms with van der Waals surface area (Å²) in [7, 11) is 2.08. The molecule has 2 aromatic rings. The number of carbonyl (C=O) groups excluding carboxylic acids is 2. The molecule has 2 atom stereocenters. The third-order valence-electron chi connectivity index (χ3n) is 6.22. The Bertz CT molecular complexity index is 849. The number of likely N-dealkylation sites (tertiary alicyclic amines) is 1. The Labute approximate surface area is 183 Å². The van der Waals surface area contributed by atoms with Crippen molar-refractivity contribution in [2.24, 2.45) is 5.92 Å². The molecule has 8 heteroatoms. The highest BCUT2D eigenvalue weighted by Gasteiger charge is 2.35. The van der Waals surface area contributed by atoms with Crippen LogP contribution in [-0.2, 0) is 16.1 Å². The molecule has 0 unspecified atom stereocenters. The van der Waals surface area contributed by atoms with Crippen molar-refractivity contribution in [1.82, 2.24) is 24.3 Å². The Morgan fingerprint density at radius 3 is 2.52 bits per heavy atom. The Kier molecular flexibility index (Phi) is 6.86. The molecule has 2 aliphatic rings. The fourth-order valence-electron chi connectivity index (χ4n) is 4.31. The van der Waals surface area contributed by atoms with Crippen LogP contribution >= 0.6 is 0 Å². The quantitative estimate of drug-likeness (QED) is 0.699. The molecule has 1 aromatic heterocycles. The summed E-state index contributed by atoms with van der Waals surface area (Å²) >= 11 is 0. The monoisotopic (exact) mass is 425 g/mol. The highest BCUT2D eigenvalue weighted by Crippen LogP contribution is 2.26. The second kappa shape index (κ2) is 9.96. The SMILES string of the molecule is CN1CCN(C(=O)C[C@H]2CN(C(=O)Cn3ccnc3)CC[C@@H]2Oc2ccccc2)CC1. The Morgan fingerprint density at radius 2 is 1.81 bits per heavy atom. The first-order valence-electron chi connectivity index (χ1n) is 11.0. The number of benzene rings is 1. The number of amides is 2. The minimum absolute atomic E-state index is 0.0344. The van der Waals surface area contributed by atoms with Crippen LogP contribution in [0.4, 0.5) is 0 Å². The molecule has 0 spiro atoms. The number of aromatic nitrogens is 2. The lowest BCUT2D eigenvalue weighted by Gasteiger charge is -2.40. The Morgan fingerprint density at radius 1 is 1.03 bits per heavy atom. The van der Waals surface area contributed by atoms with Crippen molar-refractivity contribution in [2.45, 2.75) is 25.5 Å². The van der Waals surface area contributed by atoms with Crippen molar-refractivity contribution >= 4 is 11.8 Å². The van der Waals surface area contributed by atoms with Crippen LogP contribution in [0, 0.1) is 5.92 Å². The number of ether oxygens (including phenoxy) is 1. The molecule has 0 N–H and O–H groups in total. The van der Waals surface area contributed by atoms with E-state index in [0.717, 1.165) is 31.9 Å². The van der Waals surface area contributed by atoms with E-state index in [9.17, 15) is 9.59 Å². The van der Waals surface area contributed by atoms with Crippen molar-refractivity contribution in [3.63, 3.8) is 0 Å². The van der Waals surface area contributed by atoms with E-state index in [0.29, 0.717) is 25.9 Å². The van der Waals surface area contributed by atoms with E-state index in [1.165, 1.54) is 0 Å². The van der Waals surface area contributed by atoms with Crippen LogP contribution in [0.5, 0.6) is 5.75 Å². The number of piperazine rings is 1. The van der Waals surface area contributed by atoms with Crippen LogP contribution in [0.25, 0.3) is 0 Å². The van der Waals surface area contributed by atoms with Gasteiger partial charge in [0.2, 0.25) is 11.8 Å². The minimum Gasteiger partial charge on any atom is -0.490 e. The van der Waals surface area contributed by atoms with Gasteiger partial charge in [0, 0.05) is 70.4 Å². The van der Waals surface area contributed by atoms with Crippen molar-refractivity contribution in [1.29, 1.82) is 0 Å². The normalized spacial score (nSPS) is 22.4. The number of likely N-dealkylation sites (N-methyl/N-ethyl adjacent to an activating group) is 1. The van der Waals surface area contributed by atoms with Gasteiger partial charge in [0.05, 0.1) is 6.33 Å². The molecule has 1 aromatic carbocycles. The lowest BCUT2D eigenvalue weighted by molar-refractivity contribution is -0.140. The van der Waals surface area contributed by atoms with Crippen LogP contribution < -0.4 is 4.74 Å². The van der Waals surface area contributed by atoms with E-state index < -0.39 is 0 Å². The third kappa shape index (κ3) is 5.64. The number of hydrogen-bond donors (Lipinski definition) is 0. The molecule has 0 saturated carbocycles. The van der Waals surface area contributed by atoms with Crippen LogP contribution in [-0.4, -0.2) is 88.5 Å². The number of nitrogens with zero attached hydrogens (tertiary/aromatic N) is 5. The van der Waals surface area contributed by atoms with Gasteiger partial charge in [0.1, 0.15) is 18.4 Å². The summed E-state index contributed by atoms with van der Waals surface area (Å²) in [6, 6.07) is 9.73. The number of imidazole rings is 1. The van der Waals surface area contributed by atoms with E-state index in [4.69, 9.17) is 4.74 Å². The molecule has 2 saturated heterocycles. The van der Waals surface area contributed by atoms with Gasteiger partial charge >= 0.3 is 0 Å². The highest BCUT2D eigenvalue weighted by atomic mass is 16.5. The van der Waals surface area contributed by atoms with Gasteiger partial charge in [0.15, 0.2) is 0 Å². The molecule has 4 rings (SSSR count). The van der Waals surface area contributed by atoms with E-state index in [-0.39, 0.29) is 30.4 Å². The molecule has 31 heavy (non-hydrogen) atoms. The van der Waals surface area contributed by atoms with E-state index >= 15 is 0 Å². The second-order valence-electron chi connectivity index (χ2n) is 8.48. The Balaban J connectivity index is 1.42. The van der Waals surface area contributed by atoms with Gasteiger partial charge < -0.3 is 24.0 Å². The summed E-state index contributed by atoms with van der Waals surface area (Å²) in [4.78, 5) is 35.9. The van der Waals surface area contributed by atoms with Gasteiger partial charge in [-0.1, -0.05) is 18.2 Å². The first kappa shape index (κ1) is 21.4. The molecule has 0 bridgehead atoms. The molecule has 166 valence electrons. The lowest BCUT2D eigenvalue weighted by atomic mass is 9.90. The first-order valence-corrected chi connectivity index (χ1v) is 11.0. The zero-order chi connectivity index (χ0) is 21.6. The maximum absolute atomic E-state index is 13.0. The largest absolute Gasteiger partial charge is 0.490 e. The van der Waals surface area contributed by atoms with Crippen LogP contribution in [0.15, 0.2) is 49.1 Å². The topological polar surface area (TPSA) is 70.9 Å². The van der Waals surface area contributed by atoms with Crippen molar-refractivity contribution in [2.75, 3.05) is 46.3 Å². The molecule has 2 fully saturated rings. The van der Waals surface area contributed by atoms with Gasteiger partial charge in [-0.3, -0.25) is 9.59 Å². The van der Waals surface area contributed by atoms with Gasteiger partial charge in [-0.25, -0.2) is 4.98 Å². The molecular weight excluding hydrogens is 394 g/mol. The summed E-state index contributed by atoms with van der Waals surface area (Å²) in [5.41, 5.74) is 0. The van der Waals surface area contributed by atoms with E-state index in [2.05, 4.69) is 16.9 Å². The predicted molar refractivity (Wildman–Crippen MR) is 116 cm³/mol. The molecule has 8 nitrogen and oxygen atoms in total. The third-order valence-corrected chi connectivity index (χ3v) is 6.22. The van der Waals surface area contributed by atoms with Gasteiger partial charge in [-0.05, 0) is 19.2 Å². The predicted octanol–water partition coefficient (Wildman–Crippen LogP) is 1.34. The highest BCUT2D eigenvalue weighted by molar-refractivity contribution is 5.78. The van der Waals surface area contributed by atoms with Gasteiger partial charge in [-0.15, -0.1) is 0 Å². The zero-order valence-electron chi connectivity index (χ0n) is 18.1. The fourth-order valence-corrected chi connectivity index (χ4v) is 4.31. The average molecular weight is 426 g/mol. The molecule has 0 aliphatic carbocycles. The first-order chi connectivity index (χ1) is 15.1. The van der Waals surface area contributed by atoms with Gasteiger partial charge in [0.25, 0.3) is 0 Å². The maximum Gasteiger partial charge on any atom is 0.242 e. The van der Waals surface area contributed by atoms with Crippen molar-refractivity contribution in [3.8, 4) is 5.75 Å². The zero-order valence-corrected chi connectivity index (χ0v) is 18.1. The average Bonchev–Trinajstić information content (AvgIpc) is 3.29. The molecule has 2 aliphatic heterocycles. The summed E-state index contributed by atoms with van der Waals surface area (Å²) < 4.78 is 8.05. The molecule has 3 heterocycles. The summed E-state index contributed by atoms with van der Waals surface area (Å²) in [5, 5.41) is 0. The standard InChI is InChI=1S/C23H31N5O3/c1-25-11-13-27(14-12-25)22(29)15-19-16-28(23(30)17-26-10-8-24-18-26)9-7-21(19)31-20-5-3-2-4-6-20/h2-6,8,10,18-19,21H,7,9,11-17H2,1H3/t19-,21-/m0/s1. The summed E-state index contributed by atoms with van der Waals surface area (Å²) in [6.07, 6.45) is 6.14. The lowest BCUT2D eigenvalue weighted by Crippen LogP contribution is -2.52. The second-order valence-corrected chi connectivity index (χ2v) is 8.48. The van der Waals surface area contributed by atoms with Gasteiger partial charge in [-0.2, -0.15) is 0 Å². The summed E-state index contributed by atoms with van der Waals surface area (Å²) in [6.45, 7) is 4.74. The Hall–Kier alpha value is -2.87. The minimum atomic E-state index is -0.0869. The number of carbonyl (C=O) groups is 2. The fraction of sp³-hybridized carbons (Fsp3) is 0.522. The number of piperidine rings is 1. The van der Waals surface area contributed by atoms with Crippen LogP contribution in [0.2, 0.25) is 0 Å². The smallest absolute Gasteiger partial charge is 0.242 e. The maximum atomic E-state index is 13.0. The summed E-state index contributed by atoms with van der Waals surface area (Å²) in [5.74, 6) is 0.979. The van der Waals surface area contributed by atoms with Crippen LogP contribution in [0.3, 0.4) is 0 Å². The number of hydrogen-bond acceptors (Lipinski definition) is 5.